The molecule has 1 saturated carbocycles. The molecule has 1 aliphatic heterocycles. The van der Waals surface area contributed by atoms with Crippen molar-refractivity contribution in [3.63, 3.8) is 0 Å². The van der Waals surface area contributed by atoms with E-state index in [1.54, 1.807) is 12.1 Å². The van der Waals surface area contributed by atoms with Crippen LogP contribution in [0.25, 0.3) is 0 Å². The molecule has 0 atom stereocenters. The predicted octanol–water partition coefficient (Wildman–Crippen LogP) is 0.995. The van der Waals surface area contributed by atoms with Crippen molar-refractivity contribution in [2.24, 2.45) is 5.92 Å². The molecule has 6 heteroatoms. The van der Waals surface area contributed by atoms with E-state index in [9.17, 15) is 8.42 Å². The third kappa shape index (κ3) is 3.38. The summed E-state index contributed by atoms with van der Waals surface area (Å²) >= 11 is 0. The van der Waals surface area contributed by atoms with Crippen LogP contribution >= 0.6 is 0 Å². The van der Waals surface area contributed by atoms with Crippen molar-refractivity contribution in [2.75, 3.05) is 19.8 Å². The molecule has 1 aromatic rings. The minimum Gasteiger partial charge on any atom is -0.380 e. The van der Waals surface area contributed by atoms with Crippen LogP contribution < -0.4 is 10.0 Å². The first-order chi connectivity index (χ1) is 9.65. The van der Waals surface area contributed by atoms with Gasteiger partial charge in [0.1, 0.15) is 0 Å². The standard InChI is InChI=1S/C14H20N2O3S/c17-20(18,16-5-6-19-10-11-1-2-11)14-4-3-12-8-15-9-13(12)7-14/h3-4,7,11,15-16H,1-2,5-6,8-10H2. The topological polar surface area (TPSA) is 67.4 Å². The molecule has 5 nitrogen and oxygen atoms in total. The van der Waals surface area contributed by atoms with Gasteiger partial charge in [-0.3, -0.25) is 0 Å². The van der Waals surface area contributed by atoms with Crippen LogP contribution in [-0.4, -0.2) is 28.2 Å². The summed E-state index contributed by atoms with van der Waals surface area (Å²) in [5.74, 6) is 0.704. The van der Waals surface area contributed by atoms with E-state index in [2.05, 4.69) is 10.0 Å². The van der Waals surface area contributed by atoms with E-state index in [-0.39, 0.29) is 0 Å². The summed E-state index contributed by atoms with van der Waals surface area (Å²) < 4.78 is 32.3. The van der Waals surface area contributed by atoms with Crippen LogP contribution in [0.3, 0.4) is 0 Å². The normalized spacial score (nSPS) is 18.2. The molecule has 0 unspecified atom stereocenters. The highest BCUT2D eigenvalue weighted by molar-refractivity contribution is 7.89. The second-order valence-corrected chi connectivity index (χ2v) is 7.22. The van der Waals surface area contributed by atoms with E-state index < -0.39 is 10.0 Å². The quantitative estimate of drug-likeness (QED) is 0.737. The number of nitrogens with one attached hydrogen (secondary N) is 2. The van der Waals surface area contributed by atoms with E-state index >= 15 is 0 Å². The molecule has 0 spiro atoms. The Kier molecular flexibility index (Phi) is 4.07. The molecular weight excluding hydrogens is 276 g/mol. The molecule has 1 heterocycles. The van der Waals surface area contributed by atoms with Gasteiger partial charge in [0, 0.05) is 26.2 Å². The lowest BCUT2D eigenvalue weighted by Gasteiger charge is -2.08. The molecule has 2 N–H and O–H groups in total. The zero-order chi connectivity index (χ0) is 14.0. The second kappa shape index (κ2) is 5.81. The van der Waals surface area contributed by atoms with Crippen molar-refractivity contribution in [1.82, 2.24) is 10.0 Å². The van der Waals surface area contributed by atoms with Gasteiger partial charge < -0.3 is 10.1 Å². The molecular formula is C14H20N2O3S. The maximum atomic E-state index is 12.2. The highest BCUT2D eigenvalue weighted by atomic mass is 32.2. The average Bonchev–Trinajstić information content (AvgIpc) is 3.13. The molecule has 0 aromatic heterocycles. The predicted molar refractivity (Wildman–Crippen MR) is 75.7 cm³/mol. The van der Waals surface area contributed by atoms with E-state index in [0.29, 0.717) is 24.0 Å². The Morgan fingerprint density at radius 2 is 2.05 bits per heavy atom. The third-order valence-electron chi connectivity index (χ3n) is 3.71. The fourth-order valence-electron chi connectivity index (χ4n) is 2.30. The van der Waals surface area contributed by atoms with Crippen LogP contribution in [0.5, 0.6) is 0 Å². The molecule has 1 aromatic carbocycles. The Morgan fingerprint density at radius 1 is 1.25 bits per heavy atom. The second-order valence-electron chi connectivity index (χ2n) is 5.45. The van der Waals surface area contributed by atoms with E-state index in [1.807, 2.05) is 6.07 Å². The highest BCUT2D eigenvalue weighted by Crippen LogP contribution is 2.28. The summed E-state index contributed by atoms with van der Waals surface area (Å²) in [6.45, 7) is 3.07. The Morgan fingerprint density at radius 3 is 2.85 bits per heavy atom. The highest BCUT2D eigenvalue weighted by Gasteiger charge is 2.21. The Labute approximate surface area is 119 Å². The minimum atomic E-state index is -3.42. The number of hydrogen-bond acceptors (Lipinski definition) is 4. The van der Waals surface area contributed by atoms with Crippen molar-refractivity contribution in [3.8, 4) is 0 Å². The number of rotatable bonds is 7. The van der Waals surface area contributed by atoms with Gasteiger partial charge in [-0.15, -0.1) is 0 Å². The van der Waals surface area contributed by atoms with Crippen LogP contribution in [0, 0.1) is 5.92 Å². The van der Waals surface area contributed by atoms with Crippen molar-refractivity contribution in [2.45, 2.75) is 30.8 Å². The van der Waals surface area contributed by atoms with E-state index in [1.165, 1.54) is 18.4 Å². The molecule has 110 valence electrons. The number of hydrogen-bond donors (Lipinski definition) is 2. The fraction of sp³-hybridized carbons (Fsp3) is 0.571. The SMILES string of the molecule is O=S(=O)(NCCOCC1CC1)c1ccc2c(c1)CNC2. The van der Waals surface area contributed by atoms with Gasteiger partial charge in [0.25, 0.3) is 0 Å². The number of ether oxygens (including phenoxy) is 1. The van der Waals surface area contributed by atoms with Gasteiger partial charge in [-0.1, -0.05) is 6.07 Å². The first-order valence-corrected chi connectivity index (χ1v) is 8.53. The van der Waals surface area contributed by atoms with Crippen molar-refractivity contribution in [1.29, 1.82) is 0 Å². The lowest BCUT2D eigenvalue weighted by molar-refractivity contribution is 0.129. The first-order valence-electron chi connectivity index (χ1n) is 7.05. The maximum absolute atomic E-state index is 12.2. The summed E-state index contributed by atoms with van der Waals surface area (Å²) in [5, 5.41) is 3.21. The van der Waals surface area contributed by atoms with Gasteiger partial charge in [-0.2, -0.15) is 0 Å². The Hall–Kier alpha value is -0.950. The van der Waals surface area contributed by atoms with Crippen molar-refractivity contribution < 1.29 is 13.2 Å². The van der Waals surface area contributed by atoms with E-state index in [4.69, 9.17) is 4.74 Å². The Bertz CT molecular complexity index is 582. The number of fused-ring (bicyclic) bond motifs is 1. The summed E-state index contributed by atoms with van der Waals surface area (Å²) in [6.07, 6.45) is 2.49. The fourth-order valence-corrected chi connectivity index (χ4v) is 3.37. The van der Waals surface area contributed by atoms with Gasteiger partial charge in [0.15, 0.2) is 0 Å². The molecule has 0 radical (unpaired) electrons. The summed E-state index contributed by atoms with van der Waals surface area (Å²) in [4.78, 5) is 0.335. The molecule has 20 heavy (non-hydrogen) atoms. The largest absolute Gasteiger partial charge is 0.380 e. The smallest absolute Gasteiger partial charge is 0.240 e. The van der Waals surface area contributed by atoms with Crippen LogP contribution in [0.1, 0.15) is 24.0 Å². The number of sulfonamides is 1. The Balaban J connectivity index is 1.53. The molecule has 1 aliphatic carbocycles. The molecule has 2 aliphatic rings. The van der Waals surface area contributed by atoms with Crippen LogP contribution in [0.2, 0.25) is 0 Å². The molecule has 1 fully saturated rings. The lowest BCUT2D eigenvalue weighted by Crippen LogP contribution is -2.27. The van der Waals surface area contributed by atoms with Crippen molar-refractivity contribution in [3.05, 3.63) is 29.3 Å². The van der Waals surface area contributed by atoms with Crippen LogP contribution in [0.4, 0.5) is 0 Å². The first kappa shape index (κ1) is 14.0. The maximum Gasteiger partial charge on any atom is 0.240 e. The molecule has 3 rings (SSSR count). The van der Waals surface area contributed by atoms with Gasteiger partial charge in [-0.25, -0.2) is 13.1 Å². The molecule has 0 bridgehead atoms. The zero-order valence-corrected chi connectivity index (χ0v) is 12.2. The van der Waals surface area contributed by atoms with Crippen molar-refractivity contribution >= 4 is 10.0 Å². The zero-order valence-electron chi connectivity index (χ0n) is 11.4. The van der Waals surface area contributed by atoms with Gasteiger partial charge in [0.2, 0.25) is 10.0 Å². The average molecular weight is 296 g/mol. The van der Waals surface area contributed by atoms with Crippen LogP contribution in [0.15, 0.2) is 23.1 Å². The van der Waals surface area contributed by atoms with E-state index in [0.717, 1.165) is 25.3 Å². The summed E-state index contributed by atoms with van der Waals surface area (Å²) in [7, 11) is -3.42. The monoisotopic (exact) mass is 296 g/mol. The van der Waals surface area contributed by atoms with Crippen LogP contribution in [-0.2, 0) is 27.8 Å². The summed E-state index contributed by atoms with van der Waals surface area (Å²) in [5.41, 5.74) is 2.24. The third-order valence-corrected chi connectivity index (χ3v) is 5.17. The summed E-state index contributed by atoms with van der Waals surface area (Å²) in [6, 6.07) is 5.30. The molecule has 0 saturated heterocycles. The van der Waals surface area contributed by atoms with Gasteiger partial charge in [0.05, 0.1) is 11.5 Å². The van der Waals surface area contributed by atoms with Gasteiger partial charge >= 0.3 is 0 Å². The van der Waals surface area contributed by atoms with Gasteiger partial charge in [-0.05, 0) is 42.0 Å². The lowest BCUT2D eigenvalue weighted by atomic mass is 10.1. The molecule has 0 amide bonds. The number of benzene rings is 1. The minimum absolute atomic E-state index is 0.324.